The summed E-state index contributed by atoms with van der Waals surface area (Å²) in [5.74, 6) is 0.931. The first kappa shape index (κ1) is 17.9. The molecule has 0 spiro atoms. The van der Waals surface area contributed by atoms with E-state index in [0.29, 0.717) is 22.3 Å². The molecule has 0 aliphatic carbocycles. The number of aromatic nitrogens is 3. The van der Waals surface area contributed by atoms with Crippen molar-refractivity contribution in [2.75, 3.05) is 7.11 Å². The fraction of sp³-hybridized carbons (Fsp3) is 0.100. The van der Waals surface area contributed by atoms with E-state index in [9.17, 15) is 4.79 Å². The number of para-hydroxylation sites is 1. The number of H-pyrrole nitrogens is 1. The molecule has 8 heteroatoms. The molecule has 0 fully saturated rings. The van der Waals surface area contributed by atoms with Gasteiger partial charge in [-0.15, -0.1) is 0 Å². The zero-order chi connectivity index (χ0) is 19.5. The summed E-state index contributed by atoms with van der Waals surface area (Å²) in [6.07, 6.45) is 1.56. The molecule has 0 aliphatic rings. The third-order valence-electron chi connectivity index (χ3n) is 4.13. The van der Waals surface area contributed by atoms with E-state index in [4.69, 9.17) is 16.3 Å². The van der Waals surface area contributed by atoms with E-state index in [-0.39, 0.29) is 12.3 Å². The Labute approximate surface area is 165 Å². The third kappa shape index (κ3) is 3.79. The van der Waals surface area contributed by atoms with Crippen LogP contribution in [0.15, 0.2) is 53.6 Å². The Bertz CT molecular complexity index is 1200. The van der Waals surface area contributed by atoms with E-state index in [2.05, 4.69) is 25.5 Å². The Morgan fingerprint density at radius 1 is 1.25 bits per heavy atom. The number of amides is 1. The molecule has 4 aromatic rings. The van der Waals surface area contributed by atoms with E-state index in [1.807, 2.05) is 30.3 Å². The number of rotatable bonds is 5. The van der Waals surface area contributed by atoms with Crippen LogP contribution in [-0.4, -0.2) is 34.2 Å². The zero-order valence-corrected chi connectivity index (χ0v) is 15.7. The second-order valence-corrected chi connectivity index (χ2v) is 6.52. The van der Waals surface area contributed by atoms with Crippen LogP contribution in [0.3, 0.4) is 0 Å². The number of carbonyl (C=O) groups excluding carboxylic acids is 1. The molecule has 28 heavy (non-hydrogen) atoms. The number of hydrogen-bond acceptors (Lipinski definition) is 5. The van der Waals surface area contributed by atoms with Crippen LogP contribution in [0.4, 0.5) is 0 Å². The molecule has 1 amide bonds. The molecular weight excluding hydrogens is 378 g/mol. The van der Waals surface area contributed by atoms with Crippen molar-refractivity contribution in [1.29, 1.82) is 0 Å². The van der Waals surface area contributed by atoms with Gasteiger partial charge in [0.2, 0.25) is 5.91 Å². The maximum atomic E-state index is 12.1. The van der Waals surface area contributed by atoms with Crippen molar-refractivity contribution >= 4 is 45.7 Å². The number of nitrogens with zero attached hydrogens (tertiary/aromatic N) is 3. The van der Waals surface area contributed by atoms with Gasteiger partial charge in [0.05, 0.1) is 36.5 Å². The molecule has 2 aromatic heterocycles. The van der Waals surface area contributed by atoms with E-state index in [1.165, 1.54) is 6.21 Å². The number of nitrogens with one attached hydrogen (secondary N) is 2. The van der Waals surface area contributed by atoms with Crippen molar-refractivity contribution in [3.05, 3.63) is 65.1 Å². The maximum Gasteiger partial charge on any atom is 0.247 e. The molecule has 2 heterocycles. The van der Waals surface area contributed by atoms with Gasteiger partial charge in [0, 0.05) is 10.4 Å². The Morgan fingerprint density at radius 2 is 2.14 bits per heavy atom. The Morgan fingerprint density at radius 3 is 3.00 bits per heavy atom. The Kier molecular flexibility index (Phi) is 4.90. The first-order valence-electron chi connectivity index (χ1n) is 8.52. The minimum atomic E-state index is -0.292. The van der Waals surface area contributed by atoms with Crippen LogP contribution in [0.1, 0.15) is 11.5 Å². The monoisotopic (exact) mass is 393 g/mol. The van der Waals surface area contributed by atoms with Gasteiger partial charge in [0.25, 0.3) is 0 Å². The first-order valence-corrected chi connectivity index (χ1v) is 8.90. The highest BCUT2D eigenvalue weighted by molar-refractivity contribution is 6.31. The molecule has 0 saturated carbocycles. The van der Waals surface area contributed by atoms with Gasteiger partial charge in [-0.3, -0.25) is 4.79 Å². The minimum absolute atomic E-state index is 0.0720. The van der Waals surface area contributed by atoms with Crippen LogP contribution in [-0.2, 0) is 11.2 Å². The van der Waals surface area contributed by atoms with Gasteiger partial charge in [-0.2, -0.15) is 5.10 Å². The molecule has 0 radical (unpaired) electrons. The SMILES string of the molecule is COc1cccc2ccc(/C=N/NC(=O)Cc3nc4ccc(Cl)cc4[nH]3)nc12. The fourth-order valence-corrected chi connectivity index (χ4v) is 3.02. The number of ether oxygens (including phenoxy) is 1. The van der Waals surface area contributed by atoms with E-state index in [0.717, 1.165) is 21.9 Å². The number of benzene rings is 2. The summed E-state index contributed by atoms with van der Waals surface area (Å²) in [6.45, 7) is 0. The van der Waals surface area contributed by atoms with Crippen molar-refractivity contribution in [1.82, 2.24) is 20.4 Å². The number of pyridine rings is 1. The zero-order valence-electron chi connectivity index (χ0n) is 14.9. The predicted octanol–water partition coefficient (Wildman–Crippen LogP) is 3.47. The number of fused-ring (bicyclic) bond motifs is 2. The largest absolute Gasteiger partial charge is 0.494 e. The van der Waals surface area contributed by atoms with Crippen LogP contribution >= 0.6 is 11.6 Å². The summed E-state index contributed by atoms with van der Waals surface area (Å²) in [6, 6.07) is 14.8. The van der Waals surface area contributed by atoms with Gasteiger partial charge >= 0.3 is 0 Å². The second kappa shape index (κ2) is 7.66. The number of methoxy groups -OCH3 is 1. The fourth-order valence-electron chi connectivity index (χ4n) is 2.85. The summed E-state index contributed by atoms with van der Waals surface area (Å²) in [7, 11) is 1.60. The molecule has 7 nitrogen and oxygen atoms in total. The van der Waals surface area contributed by atoms with Crippen LogP contribution in [0.2, 0.25) is 5.02 Å². The lowest BCUT2D eigenvalue weighted by molar-refractivity contribution is -0.120. The molecule has 0 aliphatic heterocycles. The van der Waals surface area contributed by atoms with Crippen LogP contribution in [0.25, 0.3) is 21.9 Å². The highest BCUT2D eigenvalue weighted by atomic mass is 35.5. The van der Waals surface area contributed by atoms with Gasteiger partial charge in [0.1, 0.15) is 17.1 Å². The van der Waals surface area contributed by atoms with Crippen LogP contribution in [0.5, 0.6) is 5.75 Å². The van der Waals surface area contributed by atoms with Crippen molar-refractivity contribution in [2.24, 2.45) is 5.10 Å². The van der Waals surface area contributed by atoms with E-state index >= 15 is 0 Å². The first-order chi connectivity index (χ1) is 13.6. The smallest absolute Gasteiger partial charge is 0.247 e. The maximum absolute atomic E-state index is 12.1. The number of aromatic amines is 1. The van der Waals surface area contributed by atoms with Gasteiger partial charge in [-0.1, -0.05) is 29.8 Å². The molecule has 2 N–H and O–H groups in total. The van der Waals surface area contributed by atoms with Gasteiger partial charge in [-0.05, 0) is 30.3 Å². The molecule has 0 bridgehead atoms. The summed E-state index contributed by atoms with van der Waals surface area (Å²) in [4.78, 5) is 24.0. The van der Waals surface area contributed by atoms with Crippen molar-refractivity contribution in [3.8, 4) is 5.75 Å². The van der Waals surface area contributed by atoms with E-state index in [1.54, 1.807) is 25.3 Å². The lowest BCUT2D eigenvalue weighted by Crippen LogP contribution is -2.20. The van der Waals surface area contributed by atoms with Crippen molar-refractivity contribution < 1.29 is 9.53 Å². The summed E-state index contributed by atoms with van der Waals surface area (Å²) < 4.78 is 5.33. The van der Waals surface area contributed by atoms with Crippen LogP contribution < -0.4 is 10.2 Å². The van der Waals surface area contributed by atoms with Gasteiger partial charge in [0.15, 0.2) is 0 Å². The molecule has 140 valence electrons. The summed E-state index contributed by atoms with van der Waals surface area (Å²) >= 11 is 5.96. The summed E-state index contributed by atoms with van der Waals surface area (Å²) in [5, 5.41) is 5.55. The molecule has 2 aromatic carbocycles. The Hall–Kier alpha value is -3.45. The number of imidazole rings is 1. The number of halogens is 1. The Balaban J connectivity index is 1.43. The molecular formula is C20H16ClN5O2. The minimum Gasteiger partial charge on any atom is -0.494 e. The number of hydrazone groups is 1. The molecule has 0 saturated heterocycles. The average molecular weight is 394 g/mol. The van der Waals surface area contributed by atoms with Gasteiger partial charge in [-0.25, -0.2) is 15.4 Å². The quantitative estimate of drug-likeness (QED) is 0.401. The predicted molar refractivity (Wildman–Crippen MR) is 109 cm³/mol. The lowest BCUT2D eigenvalue weighted by atomic mass is 10.2. The third-order valence-corrected chi connectivity index (χ3v) is 4.37. The topological polar surface area (TPSA) is 92.3 Å². The van der Waals surface area contributed by atoms with Gasteiger partial charge < -0.3 is 9.72 Å². The highest BCUT2D eigenvalue weighted by Crippen LogP contribution is 2.23. The molecule has 0 atom stereocenters. The van der Waals surface area contributed by atoms with Crippen molar-refractivity contribution in [3.63, 3.8) is 0 Å². The molecule has 4 rings (SSSR count). The number of carbonyl (C=O) groups is 1. The standard InChI is InChI=1S/C20H16ClN5O2/c1-28-17-4-2-3-12-5-7-14(23-20(12)17)11-22-26-19(27)10-18-24-15-8-6-13(21)9-16(15)25-18/h2-9,11H,10H2,1H3,(H,24,25)(H,26,27)/b22-11+. The average Bonchev–Trinajstić information content (AvgIpc) is 3.08. The molecule has 0 unspecified atom stereocenters. The number of hydrogen-bond donors (Lipinski definition) is 2. The lowest BCUT2D eigenvalue weighted by Gasteiger charge is -2.04. The van der Waals surface area contributed by atoms with Crippen molar-refractivity contribution in [2.45, 2.75) is 6.42 Å². The normalized spacial score (nSPS) is 11.4. The summed E-state index contributed by atoms with van der Waals surface area (Å²) in [5.41, 5.74) is 5.37. The van der Waals surface area contributed by atoms with Crippen LogP contribution in [0, 0.1) is 0 Å². The highest BCUT2D eigenvalue weighted by Gasteiger charge is 2.08. The second-order valence-electron chi connectivity index (χ2n) is 6.08. The van der Waals surface area contributed by atoms with E-state index < -0.39 is 0 Å².